The van der Waals surface area contributed by atoms with Gasteiger partial charge in [0.15, 0.2) is 0 Å². The lowest BCUT2D eigenvalue weighted by atomic mass is 9.84. The van der Waals surface area contributed by atoms with E-state index < -0.39 is 24.1 Å². The molecule has 0 aromatic heterocycles. The fourth-order valence-corrected chi connectivity index (χ4v) is 1.99. The van der Waals surface area contributed by atoms with Gasteiger partial charge in [0.25, 0.3) is 0 Å². The molecule has 0 saturated carbocycles. The number of rotatable bonds is 4. The van der Waals surface area contributed by atoms with Crippen LogP contribution in [0.15, 0.2) is 24.3 Å². The molecule has 0 saturated heterocycles. The van der Waals surface area contributed by atoms with Gasteiger partial charge in [0.2, 0.25) is 0 Å². The van der Waals surface area contributed by atoms with E-state index in [4.69, 9.17) is 4.74 Å². The third-order valence-electron chi connectivity index (χ3n) is 3.01. The molecule has 112 valence electrons. The van der Waals surface area contributed by atoms with E-state index in [1.165, 1.54) is 6.07 Å². The Morgan fingerprint density at radius 3 is 2.50 bits per heavy atom. The molecule has 0 bridgehead atoms. The number of aliphatic hydroxyl groups excluding tert-OH is 1. The quantitative estimate of drug-likeness (QED) is 0.893. The molecule has 2 atom stereocenters. The van der Waals surface area contributed by atoms with Crippen molar-refractivity contribution in [2.24, 2.45) is 5.41 Å². The topological polar surface area (TPSA) is 58.6 Å². The van der Waals surface area contributed by atoms with Gasteiger partial charge in [-0.3, -0.25) is 0 Å². The molecule has 0 radical (unpaired) electrons. The summed E-state index contributed by atoms with van der Waals surface area (Å²) >= 11 is 0. The number of benzene rings is 1. The van der Waals surface area contributed by atoms with Gasteiger partial charge >= 0.3 is 6.09 Å². The van der Waals surface area contributed by atoms with Gasteiger partial charge in [0, 0.05) is 5.56 Å². The van der Waals surface area contributed by atoms with Crippen LogP contribution in [-0.4, -0.2) is 23.3 Å². The minimum absolute atomic E-state index is 0.144. The molecular weight excluding hydrogens is 261 g/mol. The maximum Gasteiger partial charge on any atom is 0.407 e. The standard InChI is InChI=1S/C15H22FNO3/c1-10(18)13(15(2,3)4)17-14(19)20-9-11-7-5-6-8-12(11)16/h5-8,10,13,18H,9H2,1-4H3,(H,17,19). The second kappa shape index (κ2) is 6.70. The summed E-state index contributed by atoms with van der Waals surface area (Å²) in [4.78, 5) is 11.7. The van der Waals surface area contributed by atoms with Crippen LogP contribution in [0.2, 0.25) is 0 Å². The second-order valence-corrected chi connectivity index (χ2v) is 5.90. The van der Waals surface area contributed by atoms with Crippen LogP contribution in [0.3, 0.4) is 0 Å². The summed E-state index contributed by atoms with van der Waals surface area (Å²) in [6.07, 6.45) is -1.38. The average molecular weight is 283 g/mol. The van der Waals surface area contributed by atoms with E-state index in [1.54, 1.807) is 25.1 Å². The summed E-state index contributed by atoms with van der Waals surface area (Å²) in [6.45, 7) is 7.17. The first-order valence-electron chi connectivity index (χ1n) is 6.56. The summed E-state index contributed by atoms with van der Waals surface area (Å²) < 4.78 is 18.4. The number of alkyl carbamates (subject to hydrolysis) is 1. The van der Waals surface area contributed by atoms with Gasteiger partial charge in [-0.2, -0.15) is 0 Å². The van der Waals surface area contributed by atoms with Crippen molar-refractivity contribution in [2.75, 3.05) is 0 Å². The number of amides is 1. The molecule has 0 aliphatic carbocycles. The van der Waals surface area contributed by atoms with Gasteiger partial charge in [-0.1, -0.05) is 39.0 Å². The zero-order valence-corrected chi connectivity index (χ0v) is 12.3. The predicted octanol–water partition coefficient (Wildman–Crippen LogP) is 2.85. The number of ether oxygens (including phenoxy) is 1. The first kappa shape index (κ1) is 16.4. The molecule has 0 aliphatic rings. The molecule has 1 aromatic carbocycles. The van der Waals surface area contributed by atoms with E-state index in [2.05, 4.69) is 5.32 Å². The minimum Gasteiger partial charge on any atom is -0.445 e. The highest BCUT2D eigenvalue weighted by atomic mass is 19.1. The van der Waals surface area contributed by atoms with E-state index >= 15 is 0 Å². The van der Waals surface area contributed by atoms with Gasteiger partial charge in [0.1, 0.15) is 12.4 Å². The lowest BCUT2D eigenvalue weighted by molar-refractivity contribution is 0.0701. The smallest absolute Gasteiger partial charge is 0.407 e. The summed E-state index contributed by atoms with van der Waals surface area (Å²) in [7, 11) is 0. The Bertz CT molecular complexity index is 455. The Kier molecular flexibility index (Phi) is 5.51. The second-order valence-electron chi connectivity index (χ2n) is 5.90. The lowest BCUT2D eigenvalue weighted by Gasteiger charge is -2.33. The SMILES string of the molecule is CC(O)C(NC(=O)OCc1ccccc1F)C(C)(C)C. The van der Waals surface area contributed by atoms with E-state index in [0.29, 0.717) is 5.56 Å². The normalized spacial score (nSPS) is 14.5. The first-order valence-corrected chi connectivity index (χ1v) is 6.56. The Morgan fingerprint density at radius 2 is 2.00 bits per heavy atom. The first-order chi connectivity index (χ1) is 9.21. The molecule has 0 aliphatic heterocycles. The lowest BCUT2D eigenvalue weighted by Crippen LogP contribution is -2.50. The molecule has 2 unspecified atom stereocenters. The van der Waals surface area contributed by atoms with E-state index in [1.807, 2.05) is 20.8 Å². The predicted molar refractivity (Wildman–Crippen MR) is 74.6 cm³/mol. The van der Waals surface area contributed by atoms with Crippen molar-refractivity contribution in [3.63, 3.8) is 0 Å². The Balaban J connectivity index is 2.57. The molecule has 0 spiro atoms. The average Bonchev–Trinajstić information content (AvgIpc) is 2.33. The van der Waals surface area contributed by atoms with Crippen LogP contribution in [0.4, 0.5) is 9.18 Å². The van der Waals surface area contributed by atoms with Gasteiger partial charge < -0.3 is 15.2 Å². The van der Waals surface area contributed by atoms with Crippen molar-refractivity contribution in [3.05, 3.63) is 35.6 Å². The van der Waals surface area contributed by atoms with Crippen LogP contribution in [0, 0.1) is 11.2 Å². The van der Waals surface area contributed by atoms with Crippen LogP contribution < -0.4 is 5.32 Å². The molecule has 1 amide bonds. The van der Waals surface area contributed by atoms with Crippen LogP contribution >= 0.6 is 0 Å². The molecule has 0 fully saturated rings. The molecular formula is C15H22FNO3. The van der Waals surface area contributed by atoms with Gasteiger partial charge in [-0.05, 0) is 18.4 Å². The summed E-state index contributed by atoms with van der Waals surface area (Å²) in [5, 5.41) is 12.3. The van der Waals surface area contributed by atoms with Gasteiger partial charge in [-0.15, -0.1) is 0 Å². The molecule has 0 heterocycles. The maximum atomic E-state index is 13.4. The van der Waals surface area contributed by atoms with Crippen molar-refractivity contribution in [1.29, 1.82) is 0 Å². The Morgan fingerprint density at radius 1 is 1.40 bits per heavy atom. The zero-order valence-electron chi connectivity index (χ0n) is 12.3. The molecule has 4 nitrogen and oxygen atoms in total. The maximum absolute atomic E-state index is 13.4. The highest BCUT2D eigenvalue weighted by molar-refractivity contribution is 5.67. The van der Waals surface area contributed by atoms with Crippen LogP contribution in [0.5, 0.6) is 0 Å². The Labute approximate surface area is 119 Å². The van der Waals surface area contributed by atoms with Crippen LogP contribution in [0.25, 0.3) is 0 Å². The number of carbonyl (C=O) groups is 1. The van der Waals surface area contributed by atoms with Crippen molar-refractivity contribution < 1.29 is 19.0 Å². The highest BCUT2D eigenvalue weighted by Gasteiger charge is 2.30. The molecule has 1 rings (SSSR count). The van der Waals surface area contributed by atoms with Crippen LogP contribution in [-0.2, 0) is 11.3 Å². The number of carbonyl (C=O) groups excluding carboxylic acids is 1. The summed E-state index contributed by atoms with van der Waals surface area (Å²) in [6, 6.07) is 5.66. The van der Waals surface area contributed by atoms with E-state index in [0.717, 1.165) is 0 Å². The molecule has 5 heteroatoms. The number of hydrogen-bond donors (Lipinski definition) is 2. The van der Waals surface area contributed by atoms with Crippen molar-refractivity contribution in [1.82, 2.24) is 5.32 Å². The van der Waals surface area contributed by atoms with Crippen LogP contribution in [0.1, 0.15) is 33.3 Å². The molecule has 1 aromatic rings. The number of halogens is 1. The fraction of sp³-hybridized carbons (Fsp3) is 0.533. The van der Waals surface area contributed by atoms with Crippen molar-refractivity contribution >= 4 is 6.09 Å². The number of aliphatic hydroxyl groups is 1. The zero-order chi connectivity index (χ0) is 15.3. The highest BCUT2D eigenvalue weighted by Crippen LogP contribution is 2.22. The fourth-order valence-electron chi connectivity index (χ4n) is 1.99. The largest absolute Gasteiger partial charge is 0.445 e. The third-order valence-corrected chi connectivity index (χ3v) is 3.01. The summed E-state index contributed by atoms with van der Waals surface area (Å²) in [5.41, 5.74) is -0.00226. The van der Waals surface area contributed by atoms with Gasteiger partial charge in [-0.25, -0.2) is 9.18 Å². The van der Waals surface area contributed by atoms with Gasteiger partial charge in [0.05, 0.1) is 12.1 Å². The number of hydrogen-bond acceptors (Lipinski definition) is 3. The van der Waals surface area contributed by atoms with Crippen molar-refractivity contribution in [2.45, 2.75) is 46.4 Å². The summed E-state index contributed by atoms with van der Waals surface area (Å²) in [5.74, 6) is -0.414. The van der Waals surface area contributed by atoms with Crippen molar-refractivity contribution in [3.8, 4) is 0 Å². The molecule has 2 N–H and O–H groups in total. The molecule has 20 heavy (non-hydrogen) atoms. The van der Waals surface area contributed by atoms with E-state index in [-0.39, 0.29) is 12.0 Å². The third kappa shape index (κ3) is 4.81. The van der Waals surface area contributed by atoms with E-state index in [9.17, 15) is 14.3 Å². The monoisotopic (exact) mass is 283 g/mol. The minimum atomic E-state index is -0.712. The number of nitrogens with one attached hydrogen (secondary N) is 1. The Hall–Kier alpha value is -1.62.